The van der Waals surface area contributed by atoms with E-state index in [0.717, 1.165) is 30.3 Å². The van der Waals surface area contributed by atoms with Crippen molar-refractivity contribution in [3.8, 4) is 0 Å². The van der Waals surface area contributed by atoms with Crippen LogP contribution in [0.25, 0.3) is 5.65 Å². The van der Waals surface area contributed by atoms with Crippen molar-refractivity contribution >= 4 is 11.5 Å². The molecule has 130 valence electrons. The molecule has 25 heavy (non-hydrogen) atoms. The van der Waals surface area contributed by atoms with Gasteiger partial charge in [-0.3, -0.25) is 0 Å². The number of ether oxygens (including phenoxy) is 1. The van der Waals surface area contributed by atoms with E-state index in [1.807, 2.05) is 16.6 Å². The molecule has 2 atom stereocenters. The zero-order chi connectivity index (χ0) is 17.4. The van der Waals surface area contributed by atoms with Gasteiger partial charge in [-0.25, -0.2) is 0 Å². The van der Waals surface area contributed by atoms with Crippen molar-refractivity contribution in [2.75, 3.05) is 18.1 Å². The first kappa shape index (κ1) is 16.0. The first-order valence-corrected chi connectivity index (χ1v) is 8.82. The third-order valence-electron chi connectivity index (χ3n) is 4.89. The summed E-state index contributed by atoms with van der Waals surface area (Å²) in [6.07, 6.45) is 0.865. The minimum Gasteiger partial charge on any atom is -0.370 e. The number of fused-ring (bicyclic) bond motifs is 1. The Balaban J connectivity index is 1.67. The Labute approximate surface area is 147 Å². The number of morpholine rings is 1. The molecule has 0 spiro atoms. The summed E-state index contributed by atoms with van der Waals surface area (Å²) >= 11 is 0. The number of anilines is 1. The molecule has 4 rings (SSSR count). The maximum absolute atomic E-state index is 6.13. The third-order valence-corrected chi connectivity index (χ3v) is 4.89. The molecule has 1 aromatic carbocycles. The predicted molar refractivity (Wildman–Crippen MR) is 96.8 cm³/mol. The highest BCUT2D eigenvalue weighted by atomic mass is 16.5. The normalized spacial score (nSPS) is 21.0. The Morgan fingerprint density at radius 2 is 2.00 bits per heavy atom. The summed E-state index contributed by atoms with van der Waals surface area (Å²) in [5.74, 6) is 1.82. The third kappa shape index (κ3) is 2.87. The maximum atomic E-state index is 6.13. The first-order valence-electron chi connectivity index (χ1n) is 8.82. The van der Waals surface area contributed by atoms with Crippen molar-refractivity contribution in [3.05, 3.63) is 53.3 Å². The Bertz CT molecular complexity index is 890. The van der Waals surface area contributed by atoms with Crippen LogP contribution in [0.4, 0.5) is 5.82 Å². The van der Waals surface area contributed by atoms with Gasteiger partial charge in [-0.15, -0.1) is 15.3 Å². The van der Waals surface area contributed by atoms with Crippen molar-refractivity contribution < 1.29 is 4.74 Å². The molecule has 3 aromatic rings. The second-order valence-corrected chi connectivity index (χ2v) is 6.61. The number of hydrogen-bond acceptors (Lipinski definition) is 5. The molecule has 6 nitrogen and oxygen atoms in total. The highest BCUT2D eigenvalue weighted by Gasteiger charge is 2.29. The Morgan fingerprint density at radius 3 is 2.80 bits per heavy atom. The minimum atomic E-state index is 0.0569. The topological polar surface area (TPSA) is 55.5 Å². The molecule has 6 heteroatoms. The summed E-state index contributed by atoms with van der Waals surface area (Å²) in [6, 6.07) is 12.7. The van der Waals surface area contributed by atoms with Crippen LogP contribution in [0.5, 0.6) is 0 Å². The van der Waals surface area contributed by atoms with Crippen LogP contribution in [0.3, 0.4) is 0 Å². The SMILES string of the molecule is CCc1nnc2ccc(N3CC(c4ccccc4C)OCC3C)nn12. The second kappa shape index (κ2) is 6.44. The monoisotopic (exact) mass is 337 g/mol. The Morgan fingerprint density at radius 1 is 1.16 bits per heavy atom. The molecular formula is C19H23N5O. The highest BCUT2D eigenvalue weighted by Crippen LogP contribution is 2.29. The smallest absolute Gasteiger partial charge is 0.178 e. The molecule has 3 heterocycles. The largest absolute Gasteiger partial charge is 0.370 e. The van der Waals surface area contributed by atoms with Crippen LogP contribution in [-0.2, 0) is 11.2 Å². The zero-order valence-electron chi connectivity index (χ0n) is 14.9. The lowest BCUT2D eigenvalue weighted by molar-refractivity contribution is 0.0208. The van der Waals surface area contributed by atoms with E-state index in [1.54, 1.807) is 0 Å². The predicted octanol–water partition coefficient (Wildman–Crippen LogP) is 2.96. The van der Waals surface area contributed by atoms with Gasteiger partial charge in [0.15, 0.2) is 11.5 Å². The summed E-state index contributed by atoms with van der Waals surface area (Å²) in [5, 5.41) is 13.2. The van der Waals surface area contributed by atoms with Gasteiger partial charge in [0.2, 0.25) is 0 Å². The van der Waals surface area contributed by atoms with Gasteiger partial charge in [-0.2, -0.15) is 4.52 Å². The van der Waals surface area contributed by atoms with E-state index in [4.69, 9.17) is 9.84 Å². The van der Waals surface area contributed by atoms with Gasteiger partial charge in [-0.1, -0.05) is 31.2 Å². The lowest BCUT2D eigenvalue weighted by Gasteiger charge is -2.39. The number of rotatable bonds is 3. The molecule has 1 fully saturated rings. The van der Waals surface area contributed by atoms with E-state index < -0.39 is 0 Å². The number of hydrogen-bond donors (Lipinski definition) is 0. The van der Waals surface area contributed by atoms with Crippen LogP contribution < -0.4 is 4.90 Å². The van der Waals surface area contributed by atoms with Crippen molar-refractivity contribution in [2.24, 2.45) is 0 Å². The lowest BCUT2D eigenvalue weighted by Crippen LogP contribution is -2.45. The van der Waals surface area contributed by atoms with Gasteiger partial charge >= 0.3 is 0 Å². The van der Waals surface area contributed by atoms with Gasteiger partial charge in [0, 0.05) is 6.42 Å². The maximum Gasteiger partial charge on any atom is 0.178 e. The summed E-state index contributed by atoms with van der Waals surface area (Å²) in [5.41, 5.74) is 3.30. The molecule has 0 amide bonds. The molecule has 2 unspecified atom stereocenters. The van der Waals surface area contributed by atoms with Crippen molar-refractivity contribution in [1.82, 2.24) is 19.8 Å². The van der Waals surface area contributed by atoms with Gasteiger partial charge in [0.1, 0.15) is 11.9 Å². The van der Waals surface area contributed by atoms with Crippen molar-refractivity contribution in [2.45, 2.75) is 39.3 Å². The van der Waals surface area contributed by atoms with E-state index in [2.05, 4.69) is 60.1 Å². The molecule has 1 aliphatic rings. The van der Waals surface area contributed by atoms with Crippen LogP contribution in [0.2, 0.25) is 0 Å². The van der Waals surface area contributed by atoms with Crippen LogP contribution >= 0.6 is 0 Å². The van der Waals surface area contributed by atoms with Gasteiger partial charge in [0.05, 0.1) is 19.2 Å². The molecule has 0 saturated carbocycles. The fourth-order valence-electron chi connectivity index (χ4n) is 3.41. The highest BCUT2D eigenvalue weighted by molar-refractivity contribution is 5.47. The minimum absolute atomic E-state index is 0.0569. The molecule has 1 saturated heterocycles. The Kier molecular flexibility index (Phi) is 4.13. The van der Waals surface area contributed by atoms with Crippen LogP contribution in [-0.4, -0.2) is 39.0 Å². The summed E-state index contributed by atoms with van der Waals surface area (Å²) in [4.78, 5) is 2.32. The molecule has 0 aliphatic carbocycles. The van der Waals surface area contributed by atoms with Gasteiger partial charge in [-0.05, 0) is 37.1 Å². The lowest BCUT2D eigenvalue weighted by atomic mass is 10.0. The van der Waals surface area contributed by atoms with E-state index >= 15 is 0 Å². The fraction of sp³-hybridized carbons (Fsp3) is 0.421. The molecule has 0 N–H and O–H groups in total. The summed E-state index contributed by atoms with van der Waals surface area (Å²) in [7, 11) is 0. The molecular weight excluding hydrogens is 314 g/mol. The van der Waals surface area contributed by atoms with E-state index in [-0.39, 0.29) is 12.1 Å². The molecule has 0 radical (unpaired) electrons. The molecule has 1 aliphatic heterocycles. The quantitative estimate of drug-likeness (QED) is 0.735. The molecule has 0 bridgehead atoms. The van der Waals surface area contributed by atoms with Crippen molar-refractivity contribution in [1.29, 1.82) is 0 Å². The van der Waals surface area contributed by atoms with Crippen molar-refractivity contribution in [3.63, 3.8) is 0 Å². The van der Waals surface area contributed by atoms with E-state index in [9.17, 15) is 0 Å². The number of aryl methyl sites for hydroxylation is 2. The van der Waals surface area contributed by atoms with E-state index in [1.165, 1.54) is 11.1 Å². The average Bonchev–Trinajstić information content (AvgIpc) is 3.05. The summed E-state index contributed by atoms with van der Waals surface area (Å²) < 4.78 is 7.97. The Hall–Kier alpha value is -2.47. The number of nitrogens with zero attached hydrogens (tertiary/aromatic N) is 5. The molecule has 2 aromatic heterocycles. The average molecular weight is 337 g/mol. The van der Waals surface area contributed by atoms with Gasteiger partial charge in [0.25, 0.3) is 0 Å². The second-order valence-electron chi connectivity index (χ2n) is 6.61. The number of aromatic nitrogens is 4. The van der Waals surface area contributed by atoms with Gasteiger partial charge < -0.3 is 9.64 Å². The van der Waals surface area contributed by atoms with Crippen LogP contribution in [0.15, 0.2) is 36.4 Å². The first-order chi connectivity index (χ1) is 12.2. The summed E-state index contributed by atoms with van der Waals surface area (Å²) in [6.45, 7) is 7.84. The number of benzene rings is 1. The van der Waals surface area contributed by atoms with Crippen LogP contribution in [0.1, 0.15) is 36.9 Å². The van der Waals surface area contributed by atoms with E-state index in [0.29, 0.717) is 6.61 Å². The standard InChI is InChI=1S/C19H23N5O/c1-4-17-20-21-18-9-10-19(22-24(17)18)23-11-16(25-12-14(23)3)15-8-6-5-7-13(15)2/h5-10,14,16H,4,11-12H2,1-3H3. The fourth-order valence-corrected chi connectivity index (χ4v) is 3.41. The zero-order valence-corrected chi connectivity index (χ0v) is 14.9. The van der Waals surface area contributed by atoms with Crippen LogP contribution in [0, 0.1) is 6.92 Å².